The van der Waals surface area contributed by atoms with E-state index in [1.807, 2.05) is 33.3 Å². The molecule has 0 rings (SSSR count). The van der Waals surface area contributed by atoms with Crippen LogP contribution in [0.2, 0.25) is 0 Å². The fraction of sp³-hybridized carbons (Fsp3) is 0.873. The van der Waals surface area contributed by atoms with Crippen LogP contribution in [0.4, 0.5) is 0 Å². The molecule has 1 N–H and O–H groups in total. The van der Waals surface area contributed by atoms with Gasteiger partial charge in [0, 0.05) is 12.8 Å². The summed E-state index contributed by atoms with van der Waals surface area (Å²) in [7, 11) is 1.20. The molecule has 89 heavy (non-hydrogen) atoms. The van der Waals surface area contributed by atoms with E-state index in [9.17, 15) is 19.0 Å². The number of phosphoric ester groups is 1. The van der Waals surface area contributed by atoms with Crippen molar-refractivity contribution in [3.05, 3.63) is 48.6 Å². The van der Waals surface area contributed by atoms with Gasteiger partial charge in [-0.15, -0.1) is 0 Å². The van der Waals surface area contributed by atoms with E-state index >= 15 is 0 Å². The summed E-state index contributed by atoms with van der Waals surface area (Å²) in [5, 5.41) is 3.05. The normalized spacial score (nSPS) is 13.7. The number of allylic oxidation sites excluding steroid dienone is 7. The summed E-state index contributed by atoms with van der Waals surface area (Å²) in [5.74, 6) is -0.521. The lowest BCUT2D eigenvalue weighted by atomic mass is 10.0. The molecule has 0 aliphatic carbocycles. The second-order valence-corrected chi connectivity index (χ2v) is 29.3. The van der Waals surface area contributed by atoms with Gasteiger partial charge in [0.2, 0.25) is 5.91 Å². The molecule has 0 aliphatic rings. The molecule has 0 heterocycles. The van der Waals surface area contributed by atoms with E-state index in [4.69, 9.17) is 13.8 Å². The fourth-order valence-electron chi connectivity index (χ4n) is 11.8. The van der Waals surface area contributed by atoms with Crippen molar-refractivity contribution in [1.29, 1.82) is 0 Å². The largest absolute Gasteiger partial charge is 0.756 e. The van der Waals surface area contributed by atoms with Crippen LogP contribution in [0.5, 0.6) is 0 Å². The topological polar surface area (TPSA) is 114 Å². The molecule has 0 fully saturated rings. The number of amides is 1. The summed E-state index contributed by atoms with van der Waals surface area (Å²) in [6.07, 6.45) is 88.3. The van der Waals surface area contributed by atoms with E-state index in [2.05, 4.69) is 62.5 Å². The molecule has 0 radical (unpaired) electrons. The molecule has 1 amide bonds. The van der Waals surface area contributed by atoms with Crippen molar-refractivity contribution >= 4 is 19.7 Å². The standard InChI is InChI=1S/C79H151N2O7P/c1-7-10-13-16-19-22-25-27-29-31-33-35-37-39-40-42-43-45-47-49-51-53-56-59-62-65-68-71-78(82)80-76(75-87-89(84,85)86-74-73-81(4,5)6)77(70-67-64-61-58-55-24-21-18-15-12-9-3)88-79(83)72-69-66-63-60-57-54-52-50-48-46-44-41-38-36-34-32-30-28-26-23-20-17-14-11-8-2/h19,22,27,29,33,35,67,70,76-77H,7-18,20-21,23-26,28,30-32,34,36-66,68-69,71-75H2,1-6H3,(H-,80,82,84,85)/b22-19-,29-27-,35-33-,70-67+. The zero-order valence-electron chi connectivity index (χ0n) is 60.2. The van der Waals surface area contributed by atoms with Crippen molar-refractivity contribution in [2.75, 3.05) is 40.9 Å². The number of esters is 1. The van der Waals surface area contributed by atoms with Crippen LogP contribution in [0.1, 0.15) is 393 Å². The minimum Gasteiger partial charge on any atom is -0.756 e. The molecule has 0 bridgehead atoms. The minimum atomic E-state index is -4.70. The summed E-state index contributed by atoms with van der Waals surface area (Å²) in [4.78, 5) is 40.3. The number of phosphoric acid groups is 1. The number of hydrogen-bond donors (Lipinski definition) is 1. The highest BCUT2D eigenvalue weighted by atomic mass is 31.2. The van der Waals surface area contributed by atoms with E-state index in [0.29, 0.717) is 17.4 Å². The first-order valence-corrected chi connectivity index (χ1v) is 40.4. The first kappa shape index (κ1) is 87.0. The Kier molecular flexibility index (Phi) is 67.2. The second-order valence-electron chi connectivity index (χ2n) is 27.9. The Morgan fingerprint density at radius 2 is 0.685 bits per heavy atom. The van der Waals surface area contributed by atoms with Crippen LogP contribution < -0.4 is 10.2 Å². The van der Waals surface area contributed by atoms with Gasteiger partial charge in [0.25, 0.3) is 7.82 Å². The van der Waals surface area contributed by atoms with Crippen LogP contribution in [0.3, 0.4) is 0 Å². The molecule has 3 atom stereocenters. The van der Waals surface area contributed by atoms with Crippen LogP contribution in [0.15, 0.2) is 48.6 Å². The van der Waals surface area contributed by atoms with Gasteiger partial charge in [0.1, 0.15) is 19.3 Å². The van der Waals surface area contributed by atoms with Crippen molar-refractivity contribution in [2.24, 2.45) is 0 Å². The monoisotopic (exact) mass is 1270 g/mol. The summed E-state index contributed by atoms with van der Waals surface area (Å²) >= 11 is 0. The van der Waals surface area contributed by atoms with Crippen LogP contribution in [0.25, 0.3) is 0 Å². The lowest BCUT2D eigenvalue weighted by molar-refractivity contribution is -0.870. The van der Waals surface area contributed by atoms with Gasteiger partial charge in [-0.2, -0.15) is 0 Å². The lowest BCUT2D eigenvalue weighted by Gasteiger charge is -2.30. The highest BCUT2D eigenvalue weighted by molar-refractivity contribution is 7.45. The lowest BCUT2D eigenvalue weighted by Crippen LogP contribution is -2.47. The summed E-state index contributed by atoms with van der Waals surface area (Å²) in [5.41, 5.74) is 0. The number of hydrogen-bond acceptors (Lipinski definition) is 7. The molecule has 9 nitrogen and oxygen atoms in total. The third-order valence-electron chi connectivity index (χ3n) is 17.8. The van der Waals surface area contributed by atoms with Crippen LogP contribution in [0, 0.1) is 0 Å². The number of quaternary nitrogens is 1. The molecule has 0 spiro atoms. The van der Waals surface area contributed by atoms with E-state index < -0.39 is 20.0 Å². The molecule has 0 aliphatic heterocycles. The molecule has 3 unspecified atom stereocenters. The van der Waals surface area contributed by atoms with E-state index in [-0.39, 0.29) is 31.5 Å². The Labute approximate surface area is 554 Å². The molecule has 0 saturated carbocycles. The van der Waals surface area contributed by atoms with Crippen LogP contribution in [-0.2, 0) is 27.9 Å². The zero-order chi connectivity index (χ0) is 64.9. The SMILES string of the molecule is CCCCC/C=C\C/C=C\C/C=C\CCCCCCCCCCCCCCCCC(=O)NC(COP(=O)([O-])OCC[N+](C)(C)C)C(/C=C/CCCCCCCCCCC)OC(=O)CCCCCCCCCCCCCCCCCCCCCCCCCCC. The van der Waals surface area contributed by atoms with Crippen molar-refractivity contribution in [3.8, 4) is 0 Å². The molecule has 0 saturated heterocycles. The van der Waals surface area contributed by atoms with Gasteiger partial charge < -0.3 is 28.5 Å². The smallest absolute Gasteiger partial charge is 0.306 e. The van der Waals surface area contributed by atoms with E-state index in [0.717, 1.165) is 70.6 Å². The maximum Gasteiger partial charge on any atom is 0.306 e. The molecule has 0 aromatic carbocycles. The second kappa shape index (κ2) is 68.8. The fourth-order valence-corrected chi connectivity index (χ4v) is 12.5. The van der Waals surface area contributed by atoms with Gasteiger partial charge >= 0.3 is 5.97 Å². The number of unbranched alkanes of at least 4 members (excludes halogenated alkanes) is 50. The number of nitrogens with zero attached hydrogens (tertiary/aromatic N) is 1. The Morgan fingerprint density at radius 1 is 0.393 bits per heavy atom. The first-order valence-electron chi connectivity index (χ1n) is 38.9. The average Bonchev–Trinajstić information content (AvgIpc) is 3.70. The highest BCUT2D eigenvalue weighted by Gasteiger charge is 2.27. The highest BCUT2D eigenvalue weighted by Crippen LogP contribution is 2.38. The maximum absolute atomic E-state index is 13.6. The maximum atomic E-state index is 13.6. The average molecular weight is 1270 g/mol. The van der Waals surface area contributed by atoms with Gasteiger partial charge in [0.05, 0.1) is 33.8 Å². The molecule has 524 valence electrons. The van der Waals surface area contributed by atoms with Gasteiger partial charge in [-0.25, -0.2) is 0 Å². The van der Waals surface area contributed by atoms with Gasteiger partial charge in [-0.3, -0.25) is 14.2 Å². The summed E-state index contributed by atoms with van der Waals surface area (Å²) < 4.78 is 30.5. The predicted octanol–water partition coefficient (Wildman–Crippen LogP) is 24.5. The van der Waals surface area contributed by atoms with Gasteiger partial charge in [-0.05, 0) is 70.3 Å². The summed E-state index contributed by atoms with van der Waals surface area (Å²) in [6, 6.07) is -0.887. The van der Waals surface area contributed by atoms with E-state index in [1.165, 1.54) is 289 Å². The number of ether oxygens (including phenoxy) is 1. The third kappa shape index (κ3) is 70.1. The number of nitrogens with one attached hydrogen (secondary N) is 1. The zero-order valence-corrected chi connectivity index (χ0v) is 61.1. The van der Waals surface area contributed by atoms with Crippen molar-refractivity contribution < 1.29 is 37.3 Å². The third-order valence-corrected chi connectivity index (χ3v) is 18.7. The Hall–Kier alpha value is -2.03. The Bertz CT molecular complexity index is 1660. The number of carbonyl (C=O) groups is 2. The van der Waals surface area contributed by atoms with Crippen molar-refractivity contribution in [2.45, 2.75) is 405 Å². The molecule has 10 heteroatoms. The predicted molar refractivity (Wildman–Crippen MR) is 386 cm³/mol. The van der Waals surface area contributed by atoms with Crippen LogP contribution >= 0.6 is 7.82 Å². The molecule has 0 aromatic rings. The number of rotatable bonds is 72. The van der Waals surface area contributed by atoms with E-state index in [1.54, 1.807) is 0 Å². The Morgan fingerprint density at radius 3 is 1.04 bits per heavy atom. The Balaban J connectivity index is 4.88. The summed E-state index contributed by atoms with van der Waals surface area (Å²) in [6.45, 7) is 6.88. The number of carbonyl (C=O) groups excluding carboxylic acids is 2. The van der Waals surface area contributed by atoms with Crippen LogP contribution in [-0.4, -0.2) is 69.4 Å². The quantitative estimate of drug-likeness (QED) is 0.0212. The molecule has 0 aromatic heterocycles. The van der Waals surface area contributed by atoms with Crippen molar-refractivity contribution in [1.82, 2.24) is 5.32 Å². The number of likely N-dealkylation sites (N-methyl/N-ethyl adjacent to an activating group) is 1. The first-order chi connectivity index (χ1) is 43.4. The van der Waals surface area contributed by atoms with Gasteiger partial charge in [0.15, 0.2) is 0 Å². The van der Waals surface area contributed by atoms with Gasteiger partial charge in [-0.1, -0.05) is 359 Å². The minimum absolute atomic E-state index is 0.0200. The molecular formula is C79H151N2O7P. The molecular weight excluding hydrogens is 1120 g/mol. The van der Waals surface area contributed by atoms with Crippen molar-refractivity contribution in [3.63, 3.8) is 0 Å².